The van der Waals surface area contributed by atoms with Gasteiger partial charge in [0.05, 0.1) is 11.8 Å². The van der Waals surface area contributed by atoms with Crippen LogP contribution in [0.4, 0.5) is 5.69 Å². The number of hydrogen-bond acceptors (Lipinski definition) is 4. The average molecular weight is 424 g/mol. The second-order valence-corrected chi connectivity index (χ2v) is 8.84. The van der Waals surface area contributed by atoms with Crippen molar-refractivity contribution in [3.8, 4) is 0 Å². The number of halogens is 1. The molecule has 7 heteroatoms. The van der Waals surface area contributed by atoms with E-state index in [1.54, 1.807) is 12.1 Å². The first-order valence-corrected chi connectivity index (χ1v) is 10.5. The summed E-state index contributed by atoms with van der Waals surface area (Å²) in [4.78, 5) is 41.3. The topological polar surface area (TPSA) is 78.5 Å². The third-order valence-corrected chi connectivity index (χ3v) is 6.91. The van der Waals surface area contributed by atoms with Crippen LogP contribution < -0.4 is 10.6 Å². The van der Waals surface area contributed by atoms with Crippen LogP contribution in [0.2, 0.25) is 5.02 Å². The summed E-state index contributed by atoms with van der Waals surface area (Å²) in [6.07, 6.45) is 0.584. The molecule has 4 atom stereocenters. The fraction of sp³-hybridized carbons (Fsp3) is 0.348. The Hall–Kier alpha value is -2.70. The minimum atomic E-state index is -1.27. The maximum absolute atomic E-state index is 13.5. The van der Waals surface area contributed by atoms with Crippen molar-refractivity contribution in [2.24, 2.45) is 11.8 Å². The van der Waals surface area contributed by atoms with Gasteiger partial charge in [0.25, 0.3) is 0 Å². The summed E-state index contributed by atoms with van der Waals surface area (Å²) in [6, 6.07) is 12.9. The van der Waals surface area contributed by atoms with Gasteiger partial charge in [0.2, 0.25) is 17.7 Å². The number of carbonyl (C=O) groups is 3. The van der Waals surface area contributed by atoms with Gasteiger partial charge in [0, 0.05) is 28.9 Å². The molecule has 0 radical (unpaired) electrons. The van der Waals surface area contributed by atoms with Gasteiger partial charge in [-0.2, -0.15) is 0 Å². The van der Waals surface area contributed by atoms with Gasteiger partial charge < -0.3 is 5.32 Å². The molecule has 1 spiro atoms. The molecule has 154 valence electrons. The summed E-state index contributed by atoms with van der Waals surface area (Å²) in [7, 11) is 0. The lowest BCUT2D eigenvalue weighted by atomic mass is 9.76. The number of amides is 3. The summed E-state index contributed by atoms with van der Waals surface area (Å²) < 4.78 is 0. The molecule has 0 aliphatic carbocycles. The number of nitrogens with one attached hydrogen (secondary N) is 2. The van der Waals surface area contributed by atoms with Crippen molar-refractivity contribution in [2.45, 2.75) is 31.8 Å². The number of fused-ring (bicyclic) bond motifs is 4. The molecule has 0 bridgehead atoms. The quantitative estimate of drug-likeness (QED) is 0.744. The first kappa shape index (κ1) is 19.3. The second kappa shape index (κ2) is 6.65. The molecular weight excluding hydrogens is 402 g/mol. The molecule has 5 rings (SSSR count). The monoisotopic (exact) mass is 423 g/mol. The highest BCUT2D eigenvalue weighted by molar-refractivity contribution is 6.31. The molecule has 0 aromatic heterocycles. The van der Waals surface area contributed by atoms with E-state index in [2.05, 4.69) is 10.6 Å². The number of hydrogen-bond donors (Lipinski definition) is 2. The zero-order valence-corrected chi connectivity index (χ0v) is 17.5. The van der Waals surface area contributed by atoms with Crippen LogP contribution >= 0.6 is 11.6 Å². The van der Waals surface area contributed by atoms with Crippen molar-refractivity contribution in [1.82, 2.24) is 10.2 Å². The van der Waals surface area contributed by atoms with Crippen molar-refractivity contribution >= 4 is 35.0 Å². The van der Waals surface area contributed by atoms with Gasteiger partial charge in [-0.3, -0.25) is 24.6 Å². The van der Waals surface area contributed by atoms with Crippen LogP contribution in [0.15, 0.2) is 42.5 Å². The molecule has 0 saturated carbocycles. The van der Waals surface area contributed by atoms with Crippen LogP contribution in [0.25, 0.3) is 0 Å². The highest BCUT2D eigenvalue weighted by Crippen LogP contribution is 2.53. The Morgan fingerprint density at radius 1 is 1.10 bits per heavy atom. The SMILES string of the molecule is Cc1cc(Cl)cc2c1NC(=O)C21NC(C)C2C(=O)N(CCc3ccccc3)C(=O)C21. The number of carbonyl (C=O) groups excluding carboxylic acids is 3. The molecule has 3 amide bonds. The second-order valence-electron chi connectivity index (χ2n) is 8.41. The van der Waals surface area contributed by atoms with Crippen LogP contribution in [0.3, 0.4) is 0 Å². The number of nitrogens with zero attached hydrogens (tertiary/aromatic N) is 1. The molecule has 3 heterocycles. The summed E-state index contributed by atoms with van der Waals surface area (Å²) in [5.74, 6) is -2.16. The normalized spacial score (nSPS) is 29.5. The highest BCUT2D eigenvalue weighted by Gasteiger charge is 2.69. The predicted octanol–water partition coefficient (Wildman–Crippen LogP) is 2.63. The largest absolute Gasteiger partial charge is 0.324 e. The summed E-state index contributed by atoms with van der Waals surface area (Å²) in [5, 5.41) is 6.73. The number of benzene rings is 2. The van der Waals surface area contributed by atoms with E-state index in [4.69, 9.17) is 11.6 Å². The number of imide groups is 1. The molecule has 2 aromatic carbocycles. The van der Waals surface area contributed by atoms with Gasteiger partial charge in [0.15, 0.2) is 0 Å². The van der Waals surface area contributed by atoms with Crippen molar-refractivity contribution in [3.05, 3.63) is 64.2 Å². The molecule has 6 nitrogen and oxygen atoms in total. The Bertz CT molecular complexity index is 1090. The zero-order valence-electron chi connectivity index (χ0n) is 16.7. The van der Waals surface area contributed by atoms with Crippen LogP contribution in [0.1, 0.15) is 23.6 Å². The van der Waals surface area contributed by atoms with Crippen molar-refractivity contribution < 1.29 is 14.4 Å². The Balaban J connectivity index is 1.54. The molecule has 4 unspecified atom stereocenters. The van der Waals surface area contributed by atoms with E-state index in [0.29, 0.717) is 29.2 Å². The molecule has 2 saturated heterocycles. The predicted molar refractivity (Wildman–Crippen MR) is 113 cm³/mol. The lowest BCUT2D eigenvalue weighted by molar-refractivity contribution is -0.142. The maximum Gasteiger partial charge on any atom is 0.250 e. The highest BCUT2D eigenvalue weighted by atomic mass is 35.5. The maximum atomic E-state index is 13.5. The smallest absolute Gasteiger partial charge is 0.250 e. The molecule has 3 aliphatic heterocycles. The minimum Gasteiger partial charge on any atom is -0.324 e. The fourth-order valence-corrected chi connectivity index (χ4v) is 5.63. The van der Waals surface area contributed by atoms with Gasteiger partial charge in [-0.05, 0) is 43.5 Å². The number of aryl methyl sites for hydroxylation is 1. The van der Waals surface area contributed by atoms with Crippen molar-refractivity contribution in [2.75, 3.05) is 11.9 Å². The van der Waals surface area contributed by atoms with E-state index >= 15 is 0 Å². The zero-order chi connectivity index (χ0) is 21.2. The van der Waals surface area contributed by atoms with Gasteiger partial charge >= 0.3 is 0 Å². The lowest BCUT2D eigenvalue weighted by Crippen LogP contribution is -2.53. The van der Waals surface area contributed by atoms with E-state index in [9.17, 15) is 14.4 Å². The van der Waals surface area contributed by atoms with Gasteiger partial charge in [0.1, 0.15) is 5.54 Å². The lowest BCUT2D eigenvalue weighted by Gasteiger charge is -2.29. The molecule has 2 aromatic rings. The van der Waals surface area contributed by atoms with Crippen LogP contribution in [-0.2, 0) is 26.3 Å². The van der Waals surface area contributed by atoms with Gasteiger partial charge in [-0.25, -0.2) is 0 Å². The Kier molecular flexibility index (Phi) is 4.27. The molecule has 2 N–H and O–H groups in total. The molecule has 3 aliphatic rings. The third kappa shape index (κ3) is 2.50. The summed E-state index contributed by atoms with van der Waals surface area (Å²) in [5.41, 5.74) is 1.94. The summed E-state index contributed by atoms with van der Waals surface area (Å²) in [6.45, 7) is 4.04. The van der Waals surface area contributed by atoms with E-state index in [-0.39, 0.29) is 23.8 Å². The molecular formula is C23H22ClN3O3. The Labute approximate surface area is 179 Å². The molecule has 2 fully saturated rings. The van der Waals surface area contributed by atoms with Crippen molar-refractivity contribution in [3.63, 3.8) is 0 Å². The standard InChI is InChI=1S/C23H22ClN3O3/c1-12-10-15(24)11-16-19(12)25-22(30)23(16)18-17(13(2)26-23)20(28)27(21(18)29)9-8-14-6-4-3-5-7-14/h3-7,10-11,13,17-18,26H,8-9H2,1-2H3,(H,25,30). The van der Waals surface area contributed by atoms with E-state index in [0.717, 1.165) is 11.1 Å². The van der Waals surface area contributed by atoms with E-state index in [1.807, 2.05) is 44.2 Å². The van der Waals surface area contributed by atoms with Crippen LogP contribution in [-0.4, -0.2) is 35.2 Å². The Morgan fingerprint density at radius 3 is 2.57 bits per heavy atom. The summed E-state index contributed by atoms with van der Waals surface area (Å²) >= 11 is 6.30. The van der Waals surface area contributed by atoms with E-state index in [1.165, 1.54) is 4.90 Å². The number of rotatable bonds is 3. The minimum absolute atomic E-state index is 0.210. The van der Waals surface area contributed by atoms with Crippen LogP contribution in [0.5, 0.6) is 0 Å². The van der Waals surface area contributed by atoms with Gasteiger partial charge in [-0.15, -0.1) is 0 Å². The Morgan fingerprint density at radius 2 is 1.83 bits per heavy atom. The van der Waals surface area contributed by atoms with Crippen LogP contribution in [0, 0.1) is 18.8 Å². The third-order valence-electron chi connectivity index (χ3n) is 6.69. The average Bonchev–Trinajstić information content (AvgIpc) is 3.27. The first-order chi connectivity index (χ1) is 14.3. The first-order valence-electron chi connectivity index (χ1n) is 10.1. The molecule has 30 heavy (non-hydrogen) atoms. The van der Waals surface area contributed by atoms with E-state index < -0.39 is 17.4 Å². The van der Waals surface area contributed by atoms with Crippen molar-refractivity contribution in [1.29, 1.82) is 0 Å². The van der Waals surface area contributed by atoms with Gasteiger partial charge in [-0.1, -0.05) is 41.9 Å². The number of anilines is 1. The number of likely N-dealkylation sites (tertiary alicyclic amines) is 1. The fourth-order valence-electron chi connectivity index (χ4n) is 5.36.